The monoisotopic (exact) mass is 187 g/mol. The Hall–Kier alpha value is -0.570. The van der Waals surface area contributed by atoms with Gasteiger partial charge in [-0.15, -0.1) is 0 Å². The van der Waals surface area contributed by atoms with Gasteiger partial charge in [0, 0.05) is 12.3 Å². The molecule has 2 atom stereocenters. The highest BCUT2D eigenvalue weighted by atomic mass is 19.1. The maximum Gasteiger partial charge on any atom is 0.161 e. The summed E-state index contributed by atoms with van der Waals surface area (Å²) in [7, 11) is 0. The second-order valence-electron chi connectivity index (χ2n) is 3.79. The second kappa shape index (κ2) is 4.61. The quantitative estimate of drug-likeness (QED) is 0.729. The zero-order chi connectivity index (χ0) is 9.84. The Kier molecular flexibility index (Phi) is 3.72. The Bertz CT molecular complexity index is 191. The van der Waals surface area contributed by atoms with Crippen LogP contribution in [0.2, 0.25) is 0 Å². The number of halogens is 1. The van der Waals surface area contributed by atoms with Crippen molar-refractivity contribution in [2.45, 2.75) is 26.4 Å². The summed E-state index contributed by atoms with van der Waals surface area (Å²) in [6.07, 6.45) is 1.63. The average molecular weight is 187 g/mol. The molecule has 0 aromatic carbocycles. The predicted molar refractivity (Wildman–Crippen MR) is 50.9 cm³/mol. The SMILES string of the molecule is CC(C)C(CN)C(F)C1=CCCO1. The number of nitrogens with two attached hydrogens (primary N) is 1. The van der Waals surface area contributed by atoms with Crippen LogP contribution in [0.15, 0.2) is 11.8 Å². The molecule has 0 amide bonds. The standard InChI is InChI=1S/C10H18FNO/c1-7(2)8(6-12)10(11)9-4-3-5-13-9/h4,7-8,10H,3,5-6,12H2,1-2H3. The van der Waals surface area contributed by atoms with E-state index in [4.69, 9.17) is 10.5 Å². The van der Waals surface area contributed by atoms with E-state index in [0.717, 1.165) is 6.42 Å². The molecule has 0 bridgehead atoms. The normalized spacial score (nSPS) is 21.2. The maximum atomic E-state index is 13.8. The third-order valence-corrected chi connectivity index (χ3v) is 2.51. The van der Waals surface area contributed by atoms with Crippen LogP contribution in [0.5, 0.6) is 0 Å². The summed E-state index contributed by atoms with van der Waals surface area (Å²) in [6, 6.07) is 0. The Morgan fingerprint density at radius 1 is 1.62 bits per heavy atom. The Labute approximate surface area is 78.9 Å². The van der Waals surface area contributed by atoms with Gasteiger partial charge in [-0.3, -0.25) is 0 Å². The first-order valence-electron chi connectivity index (χ1n) is 4.83. The van der Waals surface area contributed by atoms with E-state index in [2.05, 4.69) is 0 Å². The number of rotatable bonds is 4. The molecule has 2 nitrogen and oxygen atoms in total. The molecule has 0 fully saturated rings. The van der Waals surface area contributed by atoms with Crippen LogP contribution in [0, 0.1) is 11.8 Å². The van der Waals surface area contributed by atoms with Crippen LogP contribution in [-0.4, -0.2) is 19.3 Å². The van der Waals surface area contributed by atoms with Crippen molar-refractivity contribution in [1.82, 2.24) is 0 Å². The van der Waals surface area contributed by atoms with Crippen molar-refractivity contribution in [2.75, 3.05) is 13.2 Å². The summed E-state index contributed by atoms with van der Waals surface area (Å²) in [4.78, 5) is 0. The van der Waals surface area contributed by atoms with Crippen molar-refractivity contribution >= 4 is 0 Å². The summed E-state index contributed by atoms with van der Waals surface area (Å²) in [6.45, 7) is 4.96. The van der Waals surface area contributed by atoms with Crippen LogP contribution in [-0.2, 0) is 4.74 Å². The second-order valence-corrected chi connectivity index (χ2v) is 3.79. The van der Waals surface area contributed by atoms with Crippen LogP contribution in [0.4, 0.5) is 4.39 Å². The molecule has 2 unspecified atom stereocenters. The Morgan fingerprint density at radius 3 is 2.69 bits per heavy atom. The van der Waals surface area contributed by atoms with Crippen molar-refractivity contribution < 1.29 is 9.13 Å². The molecule has 0 aromatic heterocycles. The van der Waals surface area contributed by atoms with Gasteiger partial charge in [-0.05, 0) is 18.5 Å². The van der Waals surface area contributed by atoms with Crippen LogP contribution in [0.25, 0.3) is 0 Å². The number of ether oxygens (including phenoxy) is 1. The minimum atomic E-state index is -1.02. The van der Waals surface area contributed by atoms with Gasteiger partial charge in [-0.1, -0.05) is 13.8 Å². The maximum absolute atomic E-state index is 13.8. The van der Waals surface area contributed by atoms with E-state index >= 15 is 0 Å². The first-order chi connectivity index (χ1) is 6.16. The molecule has 3 heteroatoms. The van der Waals surface area contributed by atoms with Crippen molar-refractivity contribution in [3.8, 4) is 0 Å². The summed E-state index contributed by atoms with van der Waals surface area (Å²) in [5.41, 5.74) is 5.52. The van der Waals surface area contributed by atoms with Crippen LogP contribution in [0.1, 0.15) is 20.3 Å². The lowest BCUT2D eigenvalue weighted by molar-refractivity contribution is 0.126. The van der Waals surface area contributed by atoms with E-state index in [1.165, 1.54) is 0 Å². The zero-order valence-corrected chi connectivity index (χ0v) is 8.29. The fourth-order valence-corrected chi connectivity index (χ4v) is 1.57. The van der Waals surface area contributed by atoms with Crippen molar-refractivity contribution in [2.24, 2.45) is 17.6 Å². The fraction of sp³-hybridized carbons (Fsp3) is 0.800. The van der Waals surface area contributed by atoms with Gasteiger partial charge in [-0.25, -0.2) is 4.39 Å². The first-order valence-corrected chi connectivity index (χ1v) is 4.83. The first kappa shape index (κ1) is 10.5. The smallest absolute Gasteiger partial charge is 0.161 e. The average Bonchev–Trinajstić information content (AvgIpc) is 2.56. The zero-order valence-electron chi connectivity index (χ0n) is 8.29. The summed E-state index contributed by atoms with van der Waals surface area (Å²) >= 11 is 0. The molecule has 0 aliphatic carbocycles. The van der Waals surface area contributed by atoms with Crippen LogP contribution < -0.4 is 5.73 Å². The Balaban J connectivity index is 2.57. The van der Waals surface area contributed by atoms with Crippen LogP contribution in [0.3, 0.4) is 0 Å². The van der Waals surface area contributed by atoms with Gasteiger partial charge in [0.05, 0.1) is 6.61 Å². The van der Waals surface area contributed by atoms with Gasteiger partial charge in [0.1, 0.15) is 5.76 Å². The fourth-order valence-electron chi connectivity index (χ4n) is 1.57. The molecular formula is C10H18FNO. The number of hydrogen-bond acceptors (Lipinski definition) is 2. The van der Waals surface area contributed by atoms with Gasteiger partial charge < -0.3 is 10.5 Å². The molecular weight excluding hydrogens is 169 g/mol. The number of hydrogen-bond donors (Lipinski definition) is 1. The molecule has 1 heterocycles. The van der Waals surface area contributed by atoms with Gasteiger partial charge in [0.15, 0.2) is 6.17 Å². The van der Waals surface area contributed by atoms with Gasteiger partial charge in [-0.2, -0.15) is 0 Å². The molecule has 13 heavy (non-hydrogen) atoms. The molecule has 0 aromatic rings. The number of alkyl halides is 1. The van der Waals surface area contributed by atoms with E-state index in [-0.39, 0.29) is 11.8 Å². The Morgan fingerprint density at radius 2 is 2.31 bits per heavy atom. The topological polar surface area (TPSA) is 35.2 Å². The van der Waals surface area contributed by atoms with Gasteiger partial charge in [0.25, 0.3) is 0 Å². The highest BCUT2D eigenvalue weighted by Gasteiger charge is 2.28. The van der Waals surface area contributed by atoms with Gasteiger partial charge in [0.2, 0.25) is 0 Å². The minimum Gasteiger partial charge on any atom is -0.495 e. The van der Waals surface area contributed by atoms with Crippen LogP contribution >= 0.6 is 0 Å². The van der Waals surface area contributed by atoms with E-state index in [0.29, 0.717) is 18.9 Å². The molecule has 0 radical (unpaired) electrons. The summed E-state index contributed by atoms with van der Waals surface area (Å²) < 4.78 is 18.9. The van der Waals surface area contributed by atoms with Gasteiger partial charge >= 0.3 is 0 Å². The minimum absolute atomic E-state index is 0.121. The lowest BCUT2D eigenvalue weighted by Gasteiger charge is -2.23. The molecule has 0 spiro atoms. The lowest BCUT2D eigenvalue weighted by atomic mass is 9.90. The predicted octanol–water partition coefficient (Wildman–Crippen LogP) is 1.86. The number of allylic oxidation sites excluding steroid dienone is 1. The molecule has 1 rings (SSSR count). The van der Waals surface area contributed by atoms with Crippen molar-refractivity contribution in [1.29, 1.82) is 0 Å². The highest BCUT2D eigenvalue weighted by molar-refractivity contribution is 5.06. The van der Waals surface area contributed by atoms with E-state index in [9.17, 15) is 4.39 Å². The molecule has 1 aliphatic rings. The summed E-state index contributed by atoms with van der Waals surface area (Å²) in [5.74, 6) is 0.624. The van der Waals surface area contributed by atoms with Crippen molar-refractivity contribution in [3.05, 3.63) is 11.8 Å². The molecule has 1 aliphatic heterocycles. The molecule has 2 N–H and O–H groups in total. The van der Waals surface area contributed by atoms with E-state index in [1.54, 1.807) is 0 Å². The summed E-state index contributed by atoms with van der Waals surface area (Å²) in [5, 5.41) is 0. The van der Waals surface area contributed by atoms with E-state index in [1.807, 2.05) is 19.9 Å². The lowest BCUT2D eigenvalue weighted by Crippen LogP contribution is -2.30. The highest BCUT2D eigenvalue weighted by Crippen LogP contribution is 2.26. The molecule has 0 saturated carbocycles. The van der Waals surface area contributed by atoms with E-state index < -0.39 is 6.17 Å². The molecule has 0 saturated heterocycles. The van der Waals surface area contributed by atoms with Crippen molar-refractivity contribution in [3.63, 3.8) is 0 Å². The molecule has 76 valence electrons. The largest absolute Gasteiger partial charge is 0.495 e. The third kappa shape index (κ3) is 2.44. The third-order valence-electron chi connectivity index (χ3n) is 2.51.